The lowest BCUT2D eigenvalue weighted by molar-refractivity contribution is -0.385. The molecule has 0 fully saturated rings. The van der Waals surface area contributed by atoms with Crippen LogP contribution in [-0.2, 0) is 4.79 Å². The van der Waals surface area contributed by atoms with E-state index in [4.69, 9.17) is 5.11 Å². The molecule has 0 atom stereocenters. The quantitative estimate of drug-likeness (QED) is 0.364. The Kier molecular flexibility index (Phi) is 2.93. The van der Waals surface area contributed by atoms with Gasteiger partial charge in [-0.3, -0.25) is 14.9 Å². The molecule has 0 aromatic heterocycles. The molecule has 0 spiro atoms. The average molecular weight is 231 g/mol. The number of nitro benzene ring substituents is 1. The molecule has 1 aromatic carbocycles. The Morgan fingerprint density at radius 2 is 1.75 bits per heavy atom. The Morgan fingerprint density at radius 1 is 1.25 bits per heavy atom. The van der Waals surface area contributed by atoms with Crippen LogP contribution in [-0.4, -0.2) is 21.8 Å². The normalized spacial score (nSPS) is 9.88. The van der Waals surface area contributed by atoms with E-state index in [1.54, 1.807) is 0 Å². The molecule has 0 aliphatic rings. The number of nitro groups is 1. The van der Waals surface area contributed by atoms with E-state index in [0.717, 1.165) is 0 Å². The number of halogens is 2. The molecule has 0 saturated carbocycles. The monoisotopic (exact) mass is 231 g/mol. The molecule has 6 nitrogen and oxygen atoms in total. The van der Waals surface area contributed by atoms with Crippen molar-refractivity contribution in [1.82, 2.24) is 0 Å². The van der Waals surface area contributed by atoms with Gasteiger partial charge < -0.3 is 5.11 Å². The molecular weight excluding hydrogens is 228 g/mol. The lowest BCUT2D eigenvalue weighted by Crippen LogP contribution is -2.15. The highest BCUT2D eigenvalue weighted by Gasteiger charge is 2.27. The zero-order chi connectivity index (χ0) is 12.5. The number of carbonyl (C=O) groups excluding carboxylic acids is 1. The molecular formula is C8H3F2NO5. The van der Waals surface area contributed by atoms with Crippen molar-refractivity contribution in [3.05, 3.63) is 39.4 Å². The van der Waals surface area contributed by atoms with Gasteiger partial charge in [0.05, 0.1) is 11.0 Å². The Hall–Kier alpha value is -2.38. The topological polar surface area (TPSA) is 97.5 Å². The molecule has 0 heterocycles. The fourth-order valence-corrected chi connectivity index (χ4v) is 0.984. The van der Waals surface area contributed by atoms with Crippen molar-refractivity contribution in [3.63, 3.8) is 0 Å². The molecule has 0 aliphatic carbocycles. The maximum Gasteiger partial charge on any atom is 0.377 e. The van der Waals surface area contributed by atoms with E-state index in [-0.39, 0.29) is 12.1 Å². The summed E-state index contributed by atoms with van der Waals surface area (Å²) in [6.07, 6.45) is 0. The van der Waals surface area contributed by atoms with Crippen LogP contribution in [0.15, 0.2) is 12.1 Å². The summed E-state index contributed by atoms with van der Waals surface area (Å²) in [6.45, 7) is 0. The number of ketones is 1. The first-order valence-corrected chi connectivity index (χ1v) is 3.75. The van der Waals surface area contributed by atoms with E-state index in [1.807, 2.05) is 0 Å². The van der Waals surface area contributed by atoms with E-state index < -0.39 is 39.6 Å². The number of carboxylic acids is 1. The molecule has 16 heavy (non-hydrogen) atoms. The summed E-state index contributed by atoms with van der Waals surface area (Å²) < 4.78 is 25.3. The highest BCUT2D eigenvalue weighted by molar-refractivity contribution is 6.40. The fourth-order valence-electron chi connectivity index (χ4n) is 0.984. The number of nitrogens with zero attached hydrogens (tertiary/aromatic N) is 1. The van der Waals surface area contributed by atoms with Gasteiger partial charge in [0.25, 0.3) is 11.5 Å². The molecule has 0 aliphatic heterocycles. The predicted octanol–water partition coefficient (Wildman–Crippen LogP) is 1.14. The van der Waals surface area contributed by atoms with E-state index in [2.05, 4.69) is 0 Å². The van der Waals surface area contributed by atoms with Crippen LogP contribution in [0.1, 0.15) is 10.4 Å². The summed E-state index contributed by atoms with van der Waals surface area (Å²) in [5.41, 5.74) is -2.09. The predicted molar refractivity (Wildman–Crippen MR) is 45.0 cm³/mol. The molecule has 0 unspecified atom stereocenters. The molecule has 0 bridgehead atoms. The number of hydrogen-bond donors (Lipinski definition) is 1. The zero-order valence-electron chi connectivity index (χ0n) is 7.44. The average Bonchev–Trinajstić information content (AvgIpc) is 2.19. The molecule has 0 saturated heterocycles. The molecule has 1 rings (SSSR count). The van der Waals surface area contributed by atoms with Gasteiger partial charge in [-0.15, -0.1) is 0 Å². The number of carboxylic acid groups (broad SMARTS) is 1. The number of Topliss-reactive ketones (excluding diaryl/α,β-unsaturated/α-hetero) is 1. The standard InChI is InChI=1S/C8H3F2NO5/c9-4-1-3(7(12)8(13)14)6(11(15)16)2-5(4)10/h1-2H,(H,13,14). The van der Waals surface area contributed by atoms with Crippen LogP contribution < -0.4 is 0 Å². The first kappa shape index (κ1) is 11.7. The van der Waals surface area contributed by atoms with Crippen molar-refractivity contribution in [2.45, 2.75) is 0 Å². The second-order valence-electron chi connectivity index (χ2n) is 2.67. The highest BCUT2D eigenvalue weighted by atomic mass is 19.2. The van der Waals surface area contributed by atoms with Gasteiger partial charge in [0.2, 0.25) is 0 Å². The van der Waals surface area contributed by atoms with Gasteiger partial charge in [-0.2, -0.15) is 0 Å². The summed E-state index contributed by atoms with van der Waals surface area (Å²) in [5.74, 6) is -6.73. The minimum atomic E-state index is -1.99. The number of carbonyl (C=O) groups is 2. The molecule has 0 radical (unpaired) electrons. The number of benzene rings is 1. The third-order valence-corrected chi connectivity index (χ3v) is 1.67. The highest BCUT2D eigenvalue weighted by Crippen LogP contribution is 2.22. The lowest BCUT2D eigenvalue weighted by Gasteiger charge is -2.00. The van der Waals surface area contributed by atoms with Crippen LogP contribution in [0.25, 0.3) is 0 Å². The first-order chi connectivity index (χ1) is 7.34. The van der Waals surface area contributed by atoms with Gasteiger partial charge in [0, 0.05) is 0 Å². The second-order valence-corrected chi connectivity index (χ2v) is 2.67. The smallest absolute Gasteiger partial charge is 0.377 e. The first-order valence-electron chi connectivity index (χ1n) is 3.75. The van der Waals surface area contributed by atoms with Crippen LogP contribution in [0, 0.1) is 21.7 Å². The third-order valence-electron chi connectivity index (χ3n) is 1.67. The fraction of sp³-hybridized carbons (Fsp3) is 0. The van der Waals surface area contributed by atoms with Crippen LogP contribution in [0.3, 0.4) is 0 Å². The Balaban J connectivity index is 3.48. The Labute approximate surface area is 86.3 Å². The van der Waals surface area contributed by atoms with Crippen molar-refractivity contribution in [3.8, 4) is 0 Å². The number of hydrogen-bond acceptors (Lipinski definition) is 4. The van der Waals surface area contributed by atoms with Crippen molar-refractivity contribution < 1.29 is 28.4 Å². The molecule has 0 amide bonds. The van der Waals surface area contributed by atoms with Gasteiger partial charge in [-0.1, -0.05) is 0 Å². The molecule has 1 N–H and O–H groups in total. The lowest BCUT2D eigenvalue weighted by atomic mass is 10.1. The van der Waals surface area contributed by atoms with E-state index >= 15 is 0 Å². The summed E-state index contributed by atoms with van der Waals surface area (Å²) in [6, 6.07) is 0.343. The summed E-state index contributed by atoms with van der Waals surface area (Å²) >= 11 is 0. The summed E-state index contributed by atoms with van der Waals surface area (Å²) in [5, 5.41) is 18.7. The summed E-state index contributed by atoms with van der Waals surface area (Å²) in [4.78, 5) is 30.4. The van der Waals surface area contributed by atoms with Gasteiger partial charge in [0.1, 0.15) is 5.56 Å². The number of rotatable bonds is 3. The van der Waals surface area contributed by atoms with E-state index in [0.29, 0.717) is 0 Å². The van der Waals surface area contributed by atoms with E-state index in [9.17, 15) is 28.5 Å². The van der Waals surface area contributed by atoms with Gasteiger partial charge in [-0.05, 0) is 6.07 Å². The van der Waals surface area contributed by atoms with E-state index in [1.165, 1.54) is 0 Å². The molecule has 8 heteroatoms. The second kappa shape index (κ2) is 4.01. The molecule has 1 aromatic rings. The Bertz CT molecular complexity index is 499. The van der Waals surface area contributed by atoms with Crippen LogP contribution in [0.2, 0.25) is 0 Å². The van der Waals surface area contributed by atoms with Gasteiger partial charge >= 0.3 is 5.97 Å². The third kappa shape index (κ3) is 2.00. The van der Waals surface area contributed by atoms with Crippen molar-refractivity contribution in [2.24, 2.45) is 0 Å². The van der Waals surface area contributed by atoms with Crippen LogP contribution in [0.5, 0.6) is 0 Å². The maximum atomic E-state index is 12.7. The van der Waals surface area contributed by atoms with Crippen LogP contribution >= 0.6 is 0 Å². The molecule has 84 valence electrons. The zero-order valence-corrected chi connectivity index (χ0v) is 7.44. The van der Waals surface area contributed by atoms with Crippen molar-refractivity contribution >= 4 is 17.4 Å². The summed E-state index contributed by atoms with van der Waals surface area (Å²) in [7, 11) is 0. The SMILES string of the molecule is O=C(O)C(=O)c1cc(F)c(F)cc1[N+](=O)[O-]. The van der Waals surface area contributed by atoms with Crippen LogP contribution in [0.4, 0.5) is 14.5 Å². The minimum Gasteiger partial charge on any atom is -0.475 e. The van der Waals surface area contributed by atoms with Crippen molar-refractivity contribution in [2.75, 3.05) is 0 Å². The maximum absolute atomic E-state index is 12.7. The van der Waals surface area contributed by atoms with Gasteiger partial charge in [-0.25, -0.2) is 13.6 Å². The minimum absolute atomic E-state index is 0.158. The largest absolute Gasteiger partial charge is 0.475 e. The van der Waals surface area contributed by atoms with Gasteiger partial charge in [0.15, 0.2) is 11.6 Å². The Morgan fingerprint density at radius 3 is 2.19 bits per heavy atom. The van der Waals surface area contributed by atoms with Crippen molar-refractivity contribution in [1.29, 1.82) is 0 Å². The number of aliphatic carboxylic acids is 1.